The molecule has 4 rings (SSSR count). The van der Waals surface area contributed by atoms with Crippen molar-refractivity contribution in [2.45, 2.75) is 25.7 Å². The molecular weight excluding hydrogens is 359 g/mol. The zero-order valence-electron chi connectivity index (χ0n) is 15.7. The van der Waals surface area contributed by atoms with E-state index in [1.54, 1.807) is 12.1 Å². The van der Waals surface area contributed by atoms with Gasteiger partial charge in [0.15, 0.2) is 5.79 Å². The Morgan fingerprint density at radius 1 is 1.04 bits per heavy atom. The molecule has 0 radical (unpaired) electrons. The number of benzene rings is 2. The molecule has 0 aliphatic carbocycles. The number of nitrogen functional groups attached to an aromatic ring is 1. The summed E-state index contributed by atoms with van der Waals surface area (Å²) in [4.78, 5) is 4.43. The van der Waals surface area contributed by atoms with E-state index < -0.39 is 5.79 Å². The molecule has 1 atom stereocenters. The average molecular weight is 380 g/mol. The highest BCUT2D eigenvalue weighted by molar-refractivity contribution is 5.63. The van der Waals surface area contributed by atoms with Gasteiger partial charge in [-0.3, -0.25) is 0 Å². The van der Waals surface area contributed by atoms with Gasteiger partial charge >= 0.3 is 0 Å². The fourth-order valence-electron chi connectivity index (χ4n) is 3.09. The summed E-state index contributed by atoms with van der Waals surface area (Å²) in [5.74, 6) is 0.731. The van der Waals surface area contributed by atoms with Gasteiger partial charge in [0.1, 0.15) is 29.2 Å². The van der Waals surface area contributed by atoms with Gasteiger partial charge in [0.2, 0.25) is 0 Å². The van der Waals surface area contributed by atoms with Crippen LogP contribution in [-0.4, -0.2) is 17.4 Å². The molecule has 144 valence electrons. The molecule has 1 aliphatic rings. The molecule has 1 aromatic heterocycles. The molecular formula is C22H21FN2O3. The van der Waals surface area contributed by atoms with Gasteiger partial charge in [0, 0.05) is 5.56 Å². The van der Waals surface area contributed by atoms with Crippen LogP contribution in [0.2, 0.25) is 0 Å². The quantitative estimate of drug-likeness (QED) is 0.683. The van der Waals surface area contributed by atoms with E-state index in [4.69, 9.17) is 19.9 Å². The van der Waals surface area contributed by atoms with Gasteiger partial charge < -0.3 is 19.9 Å². The molecule has 6 heteroatoms. The van der Waals surface area contributed by atoms with Crippen LogP contribution in [-0.2, 0) is 9.47 Å². The van der Waals surface area contributed by atoms with E-state index in [9.17, 15) is 4.39 Å². The Balaban J connectivity index is 1.55. The van der Waals surface area contributed by atoms with E-state index in [0.29, 0.717) is 23.9 Å². The van der Waals surface area contributed by atoms with Crippen LogP contribution in [0, 0.1) is 5.82 Å². The summed E-state index contributed by atoms with van der Waals surface area (Å²) in [6.45, 7) is 4.25. The third-order valence-corrected chi connectivity index (χ3v) is 4.45. The predicted octanol–water partition coefficient (Wildman–Crippen LogP) is 5.09. The number of hydrogen-bond donors (Lipinski definition) is 1. The van der Waals surface area contributed by atoms with Gasteiger partial charge in [-0.2, -0.15) is 0 Å². The first kappa shape index (κ1) is 18.4. The summed E-state index contributed by atoms with van der Waals surface area (Å²) in [5.41, 5.74) is 8.59. The van der Waals surface area contributed by atoms with Crippen molar-refractivity contribution >= 4 is 5.82 Å². The third kappa shape index (κ3) is 4.13. The second-order valence-corrected chi connectivity index (χ2v) is 7.11. The Kier molecular flexibility index (Phi) is 4.75. The molecule has 0 saturated carbocycles. The lowest BCUT2D eigenvalue weighted by Gasteiger charge is -2.17. The first-order valence-corrected chi connectivity index (χ1v) is 9.01. The Hall–Kier alpha value is -2.96. The average Bonchev–Trinajstić information content (AvgIpc) is 3.04. The smallest absolute Gasteiger partial charge is 0.163 e. The minimum absolute atomic E-state index is 0.180. The van der Waals surface area contributed by atoms with E-state index in [2.05, 4.69) is 4.98 Å². The summed E-state index contributed by atoms with van der Waals surface area (Å²) < 4.78 is 30.3. The molecule has 0 amide bonds. The first-order chi connectivity index (χ1) is 13.4. The number of anilines is 1. The van der Waals surface area contributed by atoms with E-state index >= 15 is 0 Å². The summed E-state index contributed by atoms with van der Waals surface area (Å²) in [5, 5.41) is 0. The standard InChI is InChI=1S/C22H21FN2O3/c1-22(2)26-13-20(28-22)15-11-19(25-21(24)12-15)14-3-7-17(8-4-14)27-18-9-5-16(23)6-10-18/h3-12,20H,13H2,1-2H3,(H2,24,25). The van der Waals surface area contributed by atoms with Gasteiger partial charge in [-0.25, -0.2) is 9.37 Å². The van der Waals surface area contributed by atoms with Crippen LogP contribution in [0.3, 0.4) is 0 Å². The van der Waals surface area contributed by atoms with Crippen molar-refractivity contribution in [2.75, 3.05) is 12.3 Å². The van der Waals surface area contributed by atoms with Crippen LogP contribution in [0.1, 0.15) is 25.5 Å². The van der Waals surface area contributed by atoms with E-state index in [1.807, 2.05) is 50.2 Å². The predicted molar refractivity (Wildman–Crippen MR) is 104 cm³/mol. The molecule has 1 saturated heterocycles. The Labute approximate surface area is 162 Å². The Bertz CT molecular complexity index is 972. The van der Waals surface area contributed by atoms with Crippen molar-refractivity contribution in [1.82, 2.24) is 4.98 Å². The molecule has 3 aromatic rings. The minimum atomic E-state index is -0.609. The van der Waals surface area contributed by atoms with Crippen LogP contribution in [0.4, 0.5) is 10.2 Å². The van der Waals surface area contributed by atoms with Crippen molar-refractivity contribution in [1.29, 1.82) is 0 Å². The highest BCUT2D eigenvalue weighted by atomic mass is 19.1. The number of aromatic nitrogens is 1. The molecule has 0 spiro atoms. The maximum Gasteiger partial charge on any atom is 0.163 e. The highest BCUT2D eigenvalue weighted by Crippen LogP contribution is 2.35. The third-order valence-electron chi connectivity index (χ3n) is 4.45. The molecule has 2 heterocycles. The summed E-state index contributed by atoms with van der Waals surface area (Å²) in [6, 6.07) is 17.1. The van der Waals surface area contributed by atoms with Gasteiger partial charge in [-0.05, 0) is 80.1 Å². The van der Waals surface area contributed by atoms with Crippen molar-refractivity contribution in [2.24, 2.45) is 0 Å². The van der Waals surface area contributed by atoms with Crippen LogP contribution in [0.25, 0.3) is 11.3 Å². The SMILES string of the molecule is CC1(C)OCC(c2cc(N)nc(-c3ccc(Oc4ccc(F)cc4)cc3)c2)O1. The Morgan fingerprint density at radius 2 is 1.68 bits per heavy atom. The number of halogens is 1. The number of pyridine rings is 1. The second-order valence-electron chi connectivity index (χ2n) is 7.11. The molecule has 1 aliphatic heterocycles. The lowest BCUT2D eigenvalue weighted by molar-refractivity contribution is -0.139. The largest absolute Gasteiger partial charge is 0.457 e. The molecule has 2 aromatic carbocycles. The van der Waals surface area contributed by atoms with E-state index in [1.165, 1.54) is 12.1 Å². The van der Waals surface area contributed by atoms with Crippen LogP contribution in [0.15, 0.2) is 60.7 Å². The Morgan fingerprint density at radius 3 is 2.29 bits per heavy atom. The van der Waals surface area contributed by atoms with Crippen molar-refractivity contribution in [3.05, 3.63) is 72.0 Å². The minimum Gasteiger partial charge on any atom is -0.457 e. The maximum atomic E-state index is 13.0. The molecule has 5 nitrogen and oxygen atoms in total. The van der Waals surface area contributed by atoms with Crippen LogP contribution >= 0.6 is 0 Å². The summed E-state index contributed by atoms with van der Waals surface area (Å²) in [6.07, 6.45) is -0.180. The fraction of sp³-hybridized carbons (Fsp3) is 0.227. The normalized spacial score (nSPS) is 18.2. The second kappa shape index (κ2) is 7.22. The topological polar surface area (TPSA) is 66.6 Å². The lowest BCUT2D eigenvalue weighted by atomic mass is 10.1. The van der Waals surface area contributed by atoms with E-state index in [0.717, 1.165) is 16.8 Å². The van der Waals surface area contributed by atoms with Crippen LogP contribution < -0.4 is 10.5 Å². The van der Waals surface area contributed by atoms with Crippen molar-refractivity contribution < 1.29 is 18.6 Å². The molecule has 1 fully saturated rings. The van der Waals surface area contributed by atoms with Crippen molar-refractivity contribution in [3.63, 3.8) is 0 Å². The first-order valence-electron chi connectivity index (χ1n) is 9.01. The number of hydrogen-bond acceptors (Lipinski definition) is 5. The van der Waals surface area contributed by atoms with E-state index in [-0.39, 0.29) is 11.9 Å². The lowest BCUT2D eigenvalue weighted by Crippen LogP contribution is -2.19. The van der Waals surface area contributed by atoms with Gasteiger partial charge in [-0.1, -0.05) is 0 Å². The monoisotopic (exact) mass is 380 g/mol. The zero-order valence-corrected chi connectivity index (χ0v) is 15.7. The van der Waals surface area contributed by atoms with Gasteiger partial charge in [0.05, 0.1) is 12.3 Å². The fourth-order valence-corrected chi connectivity index (χ4v) is 3.09. The molecule has 0 bridgehead atoms. The summed E-state index contributed by atoms with van der Waals surface area (Å²) >= 11 is 0. The number of nitrogens with zero attached hydrogens (tertiary/aromatic N) is 1. The zero-order chi connectivity index (χ0) is 19.7. The summed E-state index contributed by atoms with van der Waals surface area (Å²) in [7, 11) is 0. The molecule has 2 N–H and O–H groups in total. The molecule has 28 heavy (non-hydrogen) atoms. The number of nitrogens with two attached hydrogens (primary N) is 1. The highest BCUT2D eigenvalue weighted by Gasteiger charge is 2.33. The maximum absolute atomic E-state index is 13.0. The van der Waals surface area contributed by atoms with Gasteiger partial charge in [0.25, 0.3) is 0 Å². The molecule has 1 unspecified atom stereocenters. The number of ether oxygens (including phenoxy) is 3. The van der Waals surface area contributed by atoms with Crippen LogP contribution in [0.5, 0.6) is 11.5 Å². The van der Waals surface area contributed by atoms with Crippen molar-refractivity contribution in [3.8, 4) is 22.8 Å². The van der Waals surface area contributed by atoms with Gasteiger partial charge in [-0.15, -0.1) is 0 Å². The number of rotatable bonds is 4.